The van der Waals surface area contributed by atoms with Gasteiger partial charge in [0.05, 0.1) is 10.5 Å². The highest BCUT2D eigenvalue weighted by atomic mass is 35.5. The lowest BCUT2D eigenvalue weighted by Gasteiger charge is -2.27. The number of hydrogen-bond acceptors (Lipinski definition) is 6. The summed E-state index contributed by atoms with van der Waals surface area (Å²) < 4.78 is 0. The lowest BCUT2D eigenvalue weighted by molar-refractivity contribution is -0.384. The Hall–Kier alpha value is -2.16. The Morgan fingerprint density at radius 2 is 2.20 bits per heavy atom. The van der Waals surface area contributed by atoms with Crippen LogP contribution in [0.25, 0.3) is 0 Å². The molecule has 1 aromatic heterocycles. The number of likely N-dealkylation sites (N-methyl/N-ethyl adjacent to an activating group) is 1. The molecule has 130 valence electrons. The van der Waals surface area contributed by atoms with Crippen molar-refractivity contribution in [1.29, 1.82) is 0 Å². The van der Waals surface area contributed by atoms with Gasteiger partial charge in [0.25, 0.3) is 11.6 Å². The summed E-state index contributed by atoms with van der Waals surface area (Å²) in [7, 11) is 2.06. The molecule has 3 heterocycles. The van der Waals surface area contributed by atoms with E-state index in [1.165, 1.54) is 17.0 Å². The van der Waals surface area contributed by atoms with E-state index in [0.29, 0.717) is 11.1 Å². The average Bonchev–Trinajstić information content (AvgIpc) is 2.92. The second kappa shape index (κ2) is 5.98. The van der Waals surface area contributed by atoms with E-state index in [9.17, 15) is 14.9 Å². The van der Waals surface area contributed by atoms with Crippen LogP contribution in [-0.4, -0.2) is 29.3 Å². The number of carbonyl (C=O) groups excluding carboxylic acids is 1. The van der Waals surface area contributed by atoms with Gasteiger partial charge >= 0.3 is 0 Å². The zero-order valence-electron chi connectivity index (χ0n) is 13.3. The van der Waals surface area contributed by atoms with E-state index >= 15 is 0 Å². The van der Waals surface area contributed by atoms with Crippen LogP contribution in [0.4, 0.5) is 10.7 Å². The zero-order chi connectivity index (χ0) is 17.7. The van der Waals surface area contributed by atoms with Crippen LogP contribution in [-0.2, 0) is 13.0 Å². The number of nitro benzene ring substituents is 1. The van der Waals surface area contributed by atoms with Crippen molar-refractivity contribution in [3.05, 3.63) is 54.9 Å². The van der Waals surface area contributed by atoms with Gasteiger partial charge in [-0.3, -0.25) is 14.9 Å². The molecule has 2 aliphatic heterocycles. The fourth-order valence-electron chi connectivity index (χ4n) is 3.26. The number of fused-ring (bicyclic) bond motifs is 3. The number of benzene rings is 1. The van der Waals surface area contributed by atoms with Gasteiger partial charge < -0.3 is 15.5 Å². The molecule has 1 aromatic carbocycles. The molecule has 9 heteroatoms. The highest BCUT2D eigenvalue weighted by Gasteiger charge is 2.33. The average molecular weight is 379 g/mol. The van der Waals surface area contributed by atoms with Gasteiger partial charge in [-0.25, -0.2) is 0 Å². The molecule has 0 aliphatic carbocycles. The van der Waals surface area contributed by atoms with E-state index < -0.39 is 11.1 Å². The topological polar surface area (TPSA) is 87.5 Å². The summed E-state index contributed by atoms with van der Waals surface area (Å²) in [6.07, 6.45) is 0.331. The minimum atomic E-state index is -0.526. The molecule has 0 fully saturated rings. The Labute approximate surface area is 152 Å². The zero-order valence-corrected chi connectivity index (χ0v) is 14.9. The van der Waals surface area contributed by atoms with E-state index in [1.54, 1.807) is 17.4 Å². The third kappa shape index (κ3) is 2.76. The third-order valence-corrected chi connectivity index (χ3v) is 5.99. The lowest BCUT2D eigenvalue weighted by Crippen LogP contribution is -2.38. The quantitative estimate of drug-likeness (QED) is 0.619. The van der Waals surface area contributed by atoms with Gasteiger partial charge in [0.15, 0.2) is 0 Å². The van der Waals surface area contributed by atoms with Gasteiger partial charge in [0.2, 0.25) is 0 Å². The smallest absolute Gasteiger partial charge is 0.288 e. The Kier molecular flexibility index (Phi) is 3.90. The van der Waals surface area contributed by atoms with Crippen molar-refractivity contribution < 1.29 is 9.72 Å². The number of halogens is 1. The van der Waals surface area contributed by atoms with Crippen molar-refractivity contribution in [2.45, 2.75) is 19.1 Å². The highest BCUT2D eigenvalue weighted by molar-refractivity contribution is 7.16. The molecule has 1 amide bonds. The number of nitrogens with zero attached hydrogens (tertiary/aromatic N) is 2. The van der Waals surface area contributed by atoms with E-state index in [2.05, 4.69) is 22.6 Å². The first-order valence-corrected chi connectivity index (χ1v) is 8.98. The monoisotopic (exact) mass is 378 g/mol. The van der Waals surface area contributed by atoms with E-state index in [1.807, 2.05) is 0 Å². The molecular weight excluding hydrogens is 364 g/mol. The summed E-state index contributed by atoms with van der Waals surface area (Å²) in [6.45, 7) is 1.76. The maximum Gasteiger partial charge on any atom is 0.288 e. The number of rotatable bonds is 2. The molecule has 1 unspecified atom stereocenters. The first-order chi connectivity index (χ1) is 11.9. The van der Waals surface area contributed by atoms with Crippen LogP contribution < -0.4 is 10.6 Å². The van der Waals surface area contributed by atoms with Crippen molar-refractivity contribution in [1.82, 2.24) is 10.2 Å². The maximum absolute atomic E-state index is 12.7. The van der Waals surface area contributed by atoms with Gasteiger partial charge in [-0.05, 0) is 25.1 Å². The summed E-state index contributed by atoms with van der Waals surface area (Å²) in [6, 6.07) is 4.55. The number of thiophene rings is 1. The van der Waals surface area contributed by atoms with E-state index in [-0.39, 0.29) is 16.6 Å². The second-order valence-electron chi connectivity index (χ2n) is 6.21. The largest absolute Gasteiger partial charge is 0.353 e. The van der Waals surface area contributed by atoms with Crippen LogP contribution >= 0.6 is 22.9 Å². The second-order valence-corrected chi connectivity index (χ2v) is 7.73. The van der Waals surface area contributed by atoms with Crippen LogP contribution in [0.2, 0.25) is 5.02 Å². The normalized spacial score (nSPS) is 19.6. The molecule has 0 saturated heterocycles. The third-order valence-electron chi connectivity index (χ3n) is 4.53. The molecule has 0 bridgehead atoms. The van der Waals surface area contributed by atoms with E-state index in [4.69, 9.17) is 11.6 Å². The molecule has 0 radical (unpaired) electrons. The molecule has 0 spiro atoms. The fourth-order valence-corrected chi connectivity index (χ4v) is 4.80. The minimum absolute atomic E-state index is 0.0752. The number of anilines is 1. The van der Waals surface area contributed by atoms with Crippen LogP contribution in [0.5, 0.6) is 0 Å². The Balaban J connectivity index is 1.69. The first-order valence-electron chi connectivity index (χ1n) is 7.78. The Morgan fingerprint density at radius 3 is 2.96 bits per heavy atom. The standard InChI is InChI=1S/C16H15ClN4O3S/c1-20-5-4-9-12(7-20)25-16-13(9)15(22)18-14(19-16)8-2-3-10(17)11(6-8)21(23)24/h2-3,6,14,19H,4-5,7H2,1H3,(H,18,22). The number of nitro groups is 1. The van der Waals surface area contributed by atoms with Gasteiger partial charge in [-0.15, -0.1) is 11.3 Å². The van der Waals surface area contributed by atoms with Crippen molar-refractivity contribution in [3.8, 4) is 0 Å². The fraction of sp³-hybridized carbons (Fsp3) is 0.312. The molecular formula is C16H15ClN4O3S. The molecule has 2 aromatic rings. The van der Waals surface area contributed by atoms with Gasteiger partial charge in [0, 0.05) is 29.6 Å². The summed E-state index contributed by atoms with van der Waals surface area (Å²) in [5.74, 6) is -0.140. The van der Waals surface area contributed by atoms with Gasteiger partial charge in [-0.1, -0.05) is 17.7 Å². The molecule has 25 heavy (non-hydrogen) atoms. The summed E-state index contributed by atoms with van der Waals surface area (Å²) in [4.78, 5) is 26.6. The van der Waals surface area contributed by atoms with Crippen molar-refractivity contribution in [2.24, 2.45) is 0 Å². The van der Waals surface area contributed by atoms with Crippen LogP contribution in [0, 0.1) is 10.1 Å². The summed E-state index contributed by atoms with van der Waals surface area (Å²) in [5, 5.41) is 18.2. The van der Waals surface area contributed by atoms with Gasteiger partial charge in [-0.2, -0.15) is 0 Å². The SMILES string of the molecule is CN1CCc2c(sc3c2C(=O)NC(c2ccc(Cl)c([N+](=O)[O-])c2)N3)C1. The Morgan fingerprint density at radius 1 is 1.40 bits per heavy atom. The van der Waals surface area contributed by atoms with Crippen molar-refractivity contribution in [2.75, 3.05) is 18.9 Å². The number of hydrogen-bond donors (Lipinski definition) is 2. The molecule has 2 N–H and O–H groups in total. The van der Waals surface area contributed by atoms with E-state index in [0.717, 1.165) is 30.1 Å². The highest BCUT2D eigenvalue weighted by Crippen LogP contribution is 2.41. The molecule has 1 atom stereocenters. The predicted octanol–water partition coefficient (Wildman–Crippen LogP) is 3.15. The van der Waals surface area contributed by atoms with Crippen LogP contribution in [0.3, 0.4) is 0 Å². The Bertz CT molecular complexity index is 898. The lowest BCUT2D eigenvalue weighted by atomic mass is 10.0. The number of amides is 1. The van der Waals surface area contributed by atoms with Crippen LogP contribution in [0.1, 0.15) is 32.5 Å². The summed E-state index contributed by atoms with van der Waals surface area (Å²) >= 11 is 7.45. The molecule has 7 nitrogen and oxygen atoms in total. The maximum atomic E-state index is 12.7. The summed E-state index contributed by atoms with van der Waals surface area (Å²) in [5.41, 5.74) is 2.25. The van der Waals surface area contributed by atoms with Gasteiger partial charge in [0.1, 0.15) is 16.2 Å². The number of carbonyl (C=O) groups is 1. The first kappa shape index (κ1) is 16.3. The van der Waals surface area contributed by atoms with Crippen LogP contribution in [0.15, 0.2) is 18.2 Å². The van der Waals surface area contributed by atoms with Crippen molar-refractivity contribution in [3.63, 3.8) is 0 Å². The molecule has 2 aliphatic rings. The predicted molar refractivity (Wildman–Crippen MR) is 96.3 cm³/mol. The number of nitrogens with one attached hydrogen (secondary N) is 2. The molecule has 4 rings (SSSR count). The van der Waals surface area contributed by atoms with Crippen molar-refractivity contribution >= 4 is 39.5 Å². The molecule has 0 saturated carbocycles. The minimum Gasteiger partial charge on any atom is -0.353 e.